The van der Waals surface area contributed by atoms with Crippen molar-refractivity contribution in [3.63, 3.8) is 0 Å². The number of carboxylic acids is 1. The van der Waals surface area contributed by atoms with Crippen LogP contribution in [0.3, 0.4) is 0 Å². The molecule has 3 aliphatic carbocycles. The third kappa shape index (κ3) is 29.7. The van der Waals surface area contributed by atoms with Gasteiger partial charge in [0.2, 0.25) is 29.0 Å². The highest BCUT2D eigenvalue weighted by Crippen LogP contribution is 2.51. The summed E-state index contributed by atoms with van der Waals surface area (Å²) in [6.07, 6.45) is -17.3. The zero-order valence-corrected chi connectivity index (χ0v) is 89.5. The van der Waals surface area contributed by atoms with Crippen molar-refractivity contribution >= 4 is 126 Å². The number of halogens is 1. The van der Waals surface area contributed by atoms with Gasteiger partial charge in [0.25, 0.3) is 0 Å². The van der Waals surface area contributed by atoms with E-state index >= 15 is 0 Å². The highest BCUT2D eigenvalue weighted by molar-refractivity contribution is 14.1. The number of methoxy groups -OCH3 is 5. The average Bonchev–Trinajstić information content (AvgIpc) is 1.67. The number of carbonyl (C=O) groups excluding carboxylic acids is 10. The zero-order valence-electron chi connectivity index (χ0n) is 84.9. The first-order chi connectivity index (χ1) is 71.3. The largest absolute Gasteiger partial charge is 0.492 e. The number of ether oxygens (including phenoxy) is 14. The van der Waals surface area contributed by atoms with Gasteiger partial charge in [0.15, 0.2) is 47.5 Å². The van der Waals surface area contributed by atoms with Gasteiger partial charge in [-0.2, -0.15) is 5.48 Å². The van der Waals surface area contributed by atoms with Crippen LogP contribution in [0.2, 0.25) is 0 Å². The second-order valence-electron chi connectivity index (χ2n) is 37.3. The number of unbranched alkanes of at least 4 members (excludes halogenated alkanes) is 1. The summed E-state index contributed by atoms with van der Waals surface area (Å²) in [5, 5.41) is 79.4. The number of nitrogens with zero attached hydrogens (tertiary/aromatic N) is 1. The molecule has 43 heteroatoms. The zero-order chi connectivity index (χ0) is 108. The summed E-state index contributed by atoms with van der Waals surface area (Å²) < 4.78 is 85.8. The Balaban J connectivity index is 0.713. The number of carboxylic acid groups (broad SMARTS) is 1. The number of fused-ring (bicyclic) bond motifs is 5. The van der Waals surface area contributed by atoms with E-state index in [0.29, 0.717) is 38.1 Å². The number of alkyl carbamates (subject to hydrolysis) is 1. The predicted octanol–water partition coefficient (Wildman–Crippen LogP) is 10.4. The van der Waals surface area contributed by atoms with E-state index in [4.69, 9.17) is 76.9 Å². The number of ketones is 3. The minimum absolute atomic E-state index is 0.00365. The number of hydrogen-bond donors (Lipinski definition) is 12. The second-order valence-corrected chi connectivity index (χ2v) is 41.9. The molecule has 0 radical (unpaired) electrons. The molecular weight excluding hydrogens is 2110 g/mol. The molecule has 5 aromatic carbocycles. The standard InChI is InChI=1S/C106H130IN7O32S3/c1-14-114(105(130)139-52-61-37-39-64(40-38-61)111-97(123)63(29-27-44-109-103(108)128)47-74(116)86(55(2)3)112-98(124)62(46-56(4)115)28-24-26-43-110-104(129)138-53-71-67-32-20-18-30-65(67)66-31-19-21-33-68(66)71)73-54-137-81(50-78(73)132-9)144-94-89(121)87(113-146-82-49-75(117)96(60(8)140-82)148-100(127)83-57(5)85(107)92(95(136-13)91(83)134-11)145-101-90(122)93(135-12)88(120)59(7)142-101)58(6)141-102(94)143-77-35-17-15-16-25-42-106(131)51-76(118)70(48-80(119)133-10)84(77)72(106)41-45-147-149-79-36-23-22-34-69(79)99(125)126/h15-16,18-23,30-34,36-41,55,58-60,62-63,71,73,75,77-78,81-82,86-90,93-94,96,101-102,113,117,120-122,131H,14,24,26-29,43-54H2,1-13H3,(H,110,129)(H,111,123)(H,112,124)(H,125,126)(H3,108,109,128)/b16-15-,72-41+/t58-,59+,60-,62-,63-,73+,75+,77+,78+,81+,82+,86+,87-,88+,89+,90-,93-,94-,96-,101+,102+,106+/m1/s1. The quantitative estimate of drug-likeness (QED) is 0.00327. The fraction of sp³-hybridized carbons (Fsp3) is 0.519. The summed E-state index contributed by atoms with van der Waals surface area (Å²) in [5.74, 6) is 4.63. The molecule has 5 aromatic rings. The highest BCUT2D eigenvalue weighted by atomic mass is 127. The monoisotopic (exact) mass is 2240 g/mol. The van der Waals surface area contributed by atoms with Gasteiger partial charge in [0.1, 0.15) is 55.6 Å². The number of nitrogens with one attached hydrogen (secondary N) is 5. The first kappa shape index (κ1) is 117. The number of amides is 6. The lowest BCUT2D eigenvalue weighted by Crippen LogP contribution is -2.65. The van der Waals surface area contributed by atoms with Gasteiger partial charge in [-0.15, -0.1) is 0 Å². The first-order valence-electron chi connectivity index (χ1n) is 49.1. The van der Waals surface area contributed by atoms with Gasteiger partial charge in [-0.05, 0) is 166 Å². The van der Waals surface area contributed by atoms with Gasteiger partial charge in [0.05, 0.1) is 109 Å². The van der Waals surface area contributed by atoms with E-state index in [2.05, 4.69) is 62.6 Å². The number of nitrogens with two attached hydrogens (primary N) is 1. The molecule has 22 atom stereocenters. The highest BCUT2D eigenvalue weighted by Gasteiger charge is 2.54. The normalized spacial score (nSPS) is 26.0. The molecule has 4 heterocycles. The molecule has 0 saturated carbocycles. The van der Waals surface area contributed by atoms with E-state index in [1.54, 1.807) is 97.0 Å². The van der Waals surface area contributed by atoms with Crippen LogP contribution in [0, 0.1) is 51.9 Å². The minimum atomic E-state index is -2.27. The molecule has 39 nitrogen and oxygen atoms in total. The number of urea groups is 1. The number of primary amides is 1. The third-order valence-electron chi connectivity index (χ3n) is 26.9. The number of aromatic carboxylic acids is 1. The first-order valence-corrected chi connectivity index (χ1v) is 53.4. The summed E-state index contributed by atoms with van der Waals surface area (Å²) in [7, 11) is 8.83. The Hall–Kier alpha value is -10.6. The van der Waals surface area contributed by atoms with Crippen molar-refractivity contribution in [3.05, 3.63) is 169 Å². The Morgan fingerprint density at radius 1 is 0.725 bits per heavy atom. The summed E-state index contributed by atoms with van der Waals surface area (Å²) in [6.45, 7) is 13.0. The van der Waals surface area contributed by atoms with Gasteiger partial charge in [0, 0.05) is 110 Å². The molecule has 4 aliphatic heterocycles. The Bertz CT molecular complexity index is 5790. The number of benzene rings is 5. The molecular formula is C106H130IN7O32S3. The van der Waals surface area contributed by atoms with Crippen molar-refractivity contribution in [3.8, 4) is 52.1 Å². The van der Waals surface area contributed by atoms with Gasteiger partial charge < -0.3 is 134 Å². The van der Waals surface area contributed by atoms with Crippen LogP contribution in [0.1, 0.15) is 168 Å². The Morgan fingerprint density at radius 2 is 1.40 bits per heavy atom. The van der Waals surface area contributed by atoms with Gasteiger partial charge in [-0.25, -0.2) is 19.2 Å². The van der Waals surface area contributed by atoms with Crippen LogP contribution < -0.4 is 46.7 Å². The summed E-state index contributed by atoms with van der Waals surface area (Å²) in [4.78, 5) is 158. The number of rotatable bonds is 47. The number of Topliss-reactive ketones (excluding diaryl/α,β-unsaturated/α-hetero) is 3. The van der Waals surface area contributed by atoms with Crippen molar-refractivity contribution in [1.29, 1.82) is 0 Å². The lowest BCUT2D eigenvalue weighted by Gasteiger charge is -2.47. The molecule has 2 bridgehead atoms. The van der Waals surface area contributed by atoms with E-state index in [0.717, 1.165) is 51.9 Å². The topological polar surface area (TPSA) is 537 Å². The lowest BCUT2D eigenvalue weighted by molar-refractivity contribution is -0.337. The molecule has 4 saturated heterocycles. The van der Waals surface area contributed by atoms with Crippen LogP contribution in [0.15, 0.2) is 137 Å². The summed E-state index contributed by atoms with van der Waals surface area (Å²) in [5.41, 5.74) is 11.3. The number of anilines is 1. The average molecular weight is 2240 g/mol. The number of aliphatic hydroxyl groups is 5. The van der Waals surface area contributed by atoms with Crippen molar-refractivity contribution in [2.24, 2.45) is 23.5 Å². The maximum Gasteiger partial charge on any atom is 0.410 e. The number of hydrogen-bond acceptors (Lipinski definition) is 35. The molecule has 13 N–H and O–H groups in total. The van der Waals surface area contributed by atoms with E-state index in [-0.39, 0.29) is 147 Å². The molecule has 806 valence electrons. The van der Waals surface area contributed by atoms with Crippen LogP contribution in [0.4, 0.5) is 20.1 Å². The minimum Gasteiger partial charge on any atom is -0.492 e. The number of carbonyl (C=O) groups is 11. The maximum atomic E-state index is 14.7. The van der Waals surface area contributed by atoms with E-state index in [1.165, 1.54) is 69.3 Å². The van der Waals surface area contributed by atoms with Crippen molar-refractivity contribution < 1.29 is 155 Å². The SMILES string of the molecule is CCN(C(=O)OCc1ccc(NC(=O)[C@H](CCCNC(N)=O)CC(=O)[C@@H](NC(=O)[C@H](CCCCNC(=O)OCC2c3ccccc3-c3ccccc32)CC(C)=O)C(C)C)cc1)[C@H]1CO[C@@H](O[C@H]2[C@H](O[C@H]3C#C/C=C\C#C[C@]4(O)CC(=O)C(CC(=O)OC)=C3/C4=C\CSSc3ccccc3C(=O)O)O[C@H](C)[C@@H](NO[C@H]3C[C@H](O)[C@H](SC(=O)c4c(C)c(I)c(O[C@@H]5O[C@@H](C)[C@H](O)[C@@H](OC)[C@H]5O)c(OC)c4OC)[C@@H](C)O3)[C@@H]2O)C[C@@H]1OC. The number of hydroxylamine groups is 1. The number of thioether (sulfide) groups is 1. The lowest BCUT2D eigenvalue weighted by atomic mass is 9.72. The molecule has 0 spiro atoms. The molecule has 149 heavy (non-hydrogen) atoms. The van der Waals surface area contributed by atoms with E-state index in [1.807, 2.05) is 59.0 Å². The molecule has 7 aliphatic rings. The van der Waals surface area contributed by atoms with Crippen LogP contribution in [0.5, 0.6) is 17.2 Å². The van der Waals surface area contributed by atoms with Crippen molar-refractivity contribution in [2.75, 3.05) is 79.5 Å². The summed E-state index contributed by atoms with van der Waals surface area (Å²) >= 11 is 2.73. The Labute approximate surface area is 889 Å². The maximum absolute atomic E-state index is 14.7. The third-order valence-corrected chi connectivity index (χ3v) is 31.8. The fourth-order valence-corrected chi connectivity index (χ4v) is 22.9. The predicted molar refractivity (Wildman–Crippen MR) is 555 cm³/mol. The fourth-order valence-electron chi connectivity index (χ4n) is 19.1. The molecule has 0 unspecified atom stereocenters. The Kier molecular flexibility index (Phi) is 43.3. The number of likely N-dealkylation sites (N-methyl/N-ethyl adjacent to an activating group) is 1. The molecule has 6 amide bonds. The van der Waals surface area contributed by atoms with Crippen LogP contribution in [-0.4, -0.2) is 295 Å². The second kappa shape index (κ2) is 55.1. The van der Waals surface area contributed by atoms with Gasteiger partial charge >= 0.3 is 30.2 Å². The van der Waals surface area contributed by atoms with Crippen LogP contribution >= 0.6 is 55.9 Å². The molecule has 0 aromatic heterocycles. The Morgan fingerprint density at radius 3 is 2.05 bits per heavy atom. The van der Waals surface area contributed by atoms with Crippen molar-refractivity contribution in [1.82, 2.24) is 26.3 Å². The van der Waals surface area contributed by atoms with Crippen LogP contribution in [-0.2, 0) is 92.3 Å². The number of esters is 1. The van der Waals surface area contributed by atoms with Gasteiger partial charge in [-0.3, -0.25) is 33.6 Å². The summed E-state index contributed by atoms with van der Waals surface area (Å²) in [6, 6.07) is 24.7. The number of allylic oxidation sites excluding steroid dienone is 2. The van der Waals surface area contributed by atoms with E-state index in [9.17, 15) is 83.4 Å². The smallest absolute Gasteiger partial charge is 0.410 e. The van der Waals surface area contributed by atoms with E-state index < -0.39 is 211 Å². The van der Waals surface area contributed by atoms with Gasteiger partial charge in [-0.1, -0.05) is 156 Å². The molecule has 12 rings (SSSR count). The van der Waals surface area contributed by atoms with Crippen LogP contribution in [0.25, 0.3) is 11.1 Å². The van der Waals surface area contributed by atoms with Crippen molar-refractivity contribution in [2.45, 2.75) is 265 Å². The molecule has 4 fully saturated rings. The number of aliphatic hydroxyl groups excluding tert-OH is 4.